The number of aryl methyl sites for hydroxylation is 3. The molecular formula is C28H24N2O. The second-order valence-electron chi connectivity index (χ2n) is 7.79. The van der Waals surface area contributed by atoms with E-state index < -0.39 is 0 Å². The SMILES string of the molecule is Cc1ccc(OCc2ccc(-c3ccc(C#N)cc3C)cc2C)c(-c2ccccn2)c1. The highest BCUT2D eigenvalue weighted by Gasteiger charge is 2.10. The summed E-state index contributed by atoms with van der Waals surface area (Å²) in [5, 5.41) is 9.10. The van der Waals surface area contributed by atoms with Gasteiger partial charge in [0.25, 0.3) is 0 Å². The fraction of sp³-hybridized carbons (Fsp3) is 0.143. The van der Waals surface area contributed by atoms with E-state index in [1.807, 2.05) is 49.4 Å². The van der Waals surface area contributed by atoms with Crippen molar-refractivity contribution < 1.29 is 4.74 Å². The topological polar surface area (TPSA) is 45.9 Å². The van der Waals surface area contributed by atoms with Crippen molar-refractivity contribution >= 4 is 0 Å². The molecule has 1 aromatic heterocycles. The van der Waals surface area contributed by atoms with E-state index in [1.54, 1.807) is 6.20 Å². The maximum atomic E-state index is 9.10. The number of aromatic nitrogens is 1. The number of hydrogen-bond acceptors (Lipinski definition) is 3. The number of nitrogens with zero attached hydrogens (tertiary/aromatic N) is 2. The first-order valence-electron chi connectivity index (χ1n) is 10.3. The second-order valence-corrected chi connectivity index (χ2v) is 7.79. The third-order valence-electron chi connectivity index (χ3n) is 5.47. The predicted octanol–water partition coefficient (Wildman–Crippen LogP) is 6.79. The molecule has 0 N–H and O–H groups in total. The Hall–Kier alpha value is -3.90. The lowest BCUT2D eigenvalue weighted by Gasteiger charge is -2.15. The van der Waals surface area contributed by atoms with Crippen LogP contribution < -0.4 is 4.74 Å². The average molecular weight is 405 g/mol. The van der Waals surface area contributed by atoms with Crippen LogP contribution in [0.1, 0.15) is 27.8 Å². The third-order valence-corrected chi connectivity index (χ3v) is 5.47. The molecule has 0 saturated heterocycles. The van der Waals surface area contributed by atoms with Gasteiger partial charge in [-0.05, 0) is 85.0 Å². The van der Waals surface area contributed by atoms with E-state index in [4.69, 9.17) is 10.00 Å². The summed E-state index contributed by atoms with van der Waals surface area (Å²) in [6.45, 7) is 6.71. The maximum Gasteiger partial charge on any atom is 0.129 e. The number of nitriles is 1. The molecule has 0 radical (unpaired) electrons. The molecule has 0 amide bonds. The Balaban J connectivity index is 1.58. The molecule has 3 nitrogen and oxygen atoms in total. The van der Waals surface area contributed by atoms with E-state index in [0.717, 1.165) is 39.3 Å². The largest absolute Gasteiger partial charge is 0.488 e. The molecule has 0 fully saturated rings. The summed E-state index contributed by atoms with van der Waals surface area (Å²) in [5.41, 5.74) is 9.47. The van der Waals surface area contributed by atoms with Gasteiger partial charge in [0, 0.05) is 11.8 Å². The van der Waals surface area contributed by atoms with Crippen LogP contribution in [0.2, 0.25) is 0 Å². The van der Waals surface area contributed by atoms with Crippen molar-refractivity contribution in [2.45, 2.75) is 27.4 Å². The monoisotopic (exact) mass is 404 g/mol. The van der Waals surface area contributed by atoms with E-state index in [2.05, 4.69) is 55.2 Å². The molecule has 0 bridgehead atoms. The summed E-state index contributed by atoms with van der Waals surface area (Å²) in [7, 11) is 0. The van der Waals surface area contributed by atoms with Gasteiger partial charge in [-0.25, -0.2) is 0 Å². The Labute approximate surface area is 183 Å². The van der Waals surface area contributed by atoms with Crippen LogP contribution in [-0.2, 0) is 6.61 Å². The smallest absolute Gasteiger partial charge is 0.129 e. The summed E-state index contributed by atoms with van der Waals surface area (Å²) in [6.07, 6.45) is 1.80. The predicted molar refractivity (Wildman–Crippen MR) is 125 cm³/mol. The molecule has 0 spiro atoms. The van der Waals surface area contributed by atoms with Crippen LogP contribution in [0.15, 0.2) is 79.0 Å². The second kappa shape index (κ2) is 8.85. The molecule has 152 valence electrons. The molecule has 0 saturated carbocycles. The lowest BCUT2D eigenvalue weighted by Crippen LogP contribution is -2.00. The molecule has 0 aliphatic rings. The minimum Gasteiger partial charge on any atom is -0.488 e. The molecule has 0 aliphatic carbocycles. The highest BCUT2D eigenvalue weighted by molar-refractivity contribution is 5.70. The quantitative estimate of drug-likeness (QED) is 0.368. The van der Waals surface area contributed by atoms with Crippen LogP contribution in [0.5, 0.6) is 5.75 Å². The first-order valence-corrected chi connectivity index (χ1v) is 10.3. The Bertz CT molecular complexity index is 1270. The summed E-state index contributed by atoms with van der Waals surface area (Å²) in [4.78, 5) is 4.49. The van der Waals surface area contributed by atoms with Crippen molar-refractivity contribution in [2.75, 3.05) is 0 Å². The van der Waals surface area contributed by atoms with E-state index >= 15 is 0 Å². The number of pyridine rings is 1. The molecule has 3 heteroatoms. The third kappa shape index (κ3) is 4.49. The number of hydrogen-bond donors (Lipinski definition) is 0. The minimum absolute atomic E-state index is 0.487. The van der Waals surface area contributed by atoms with Crippen LogP contribution in [0.4, 0.5) is 0 Å². The number of rotatable bonds is 5. The maximum absolute atomic E-state index is 9.10. The molecule has 3 aromatic carbocycles. The molecule has 0 atom stereocenters. The van der Waals surface area contributed by atoms with Crippen molar-refractivity contribution in [1.82, 2.24) is 4.98 Å². The highest BCUT2D eigenvalue weighted by Crippen LogP contribution is 2.31. The van der Waals surface area contributed by atoms with Gasteiger partial charge in [-0.3, -0.25) is 4.98 Å². The molecular weight excluding hydrogens is 380 g/mol. The van der Waals surface area contributed by atoms with E-state index in [0.29, 0.717) is 12.2 Å². The van der Waals surface area contributed by atoms with Gasteiger partial charge in [-0.1, -0.05) is 42.0 Å². The summed E-state index contributed by atoms with van der Waals surface area (Å²) in [5.74, 6) is 0.829. The Kier molecular flexibility index (Phi) is 5.82. The molecule has 1 heterocycles. The molecule has 4 aromatic rings. The van der Waals surface area contributed by atoms with Crippen molar-refractivity contribution in [3.63, 3.8) is 0 Å². The van der Waals surface area contributed by atoms with Crippen LogP contribution in [0.3, 0.4) is 0 Å². The minimum atomic E-state index is 0.487. The van der Waals surface area contributed by atoms with Gasteiger partial charge in [-0.2, -0.15) is 5.26 Å². The van der Waals surface area contributed by atoms with Gasteiger partial charge in [0.1, 0.15) is 12.4 Å². The van der Waals surface area contributed by atoms with Crippen LogP contribution in [0, 0.1) is 32.1 Å². The zero-order chi connectivity index (χ0) is 21.8. The fourth-order valence-corrected chi connectivity index (χ4v) is 3.73. The first kappa shape index (κ1) is 20.4. The first-order chi connectivity index (χ1) is 15.0. The zero-order valence-corrected chi connectivity index (χ0v) is 18.0. The van der Waals surface area contributed by atoms with Gasteiger partial charge in [0.2, 0.25) is 0 Å². The van der Waals surface area contributed by atoms with Gasteiger partial charge >= 0.3 is 0 Å². The lowest BCUT2D eigenvalue weighted by molar-refractivity contribution is 0.306. The standard InChI is InChI=1S/C28H24N2O/c1-19-7-12-28(26(14-19)27-6-4-5-13-30-27)31-18-24-10-9-23(16-20(24)2)25-11-8-22(17-29)15-21(25)3/h4-16H,18H2,1-3H3. The van der Waals surface area contributed by atoms with Crippen molar-refractivity contribution in [2.24, 2.45) is 0 Å². The summed E-state index contributed by atoms with van der Waals surface area (Å²) < 4.78 is 6.24. The van der Waals surface area contributed by atoms with Gasteiger partial charge in [-0.15, -0.1) is 0 Å². The average Bonchev–Trinajstić information content (AvgIpc) is 2.79. The molecule has 31 heavy (non-hydrogen) atoms. The molecule has 0 unspecified atom stereocenters. The summed E-state index contributed by atoms with van der Waals surface area (Å²) >= 11 is 0. The molecule has 0 aliphatic heterocycles. The van der Waals surface area contributed by atoms with E-state index in [1.165, 1.54) is 11.1 Å². The number of benzene rings is 3. The fourth-order valence-electron chi connectivity index (χ4n) is 3.73. The Morgan fingerprint density at radius 1 is 0.839 bits per heavy atom. The highest BCUT2D eigenvalue weighted by atomic mass is 16.5. The van der Waals surface area contributed by atoms with Crippen LogP contribution >= 0.6 is 0 Å². The van der Waals surface area contributed by atoms with Crippen molar-refractivity contribution in [3.8, 4) is 34.2 Å². The van der Waals surface area contributed by atoms with Crippen LogP contribution in [-0.4, -0.2) is 4.98 Å². The Morgan fingerprint density at radius 2 is 1.71 bits per heavy atom. The summed E-state index contributed by atoms with van der Waals surface area (Å²) in [6, 6.07) is 26.5. The van der Waals surface area contributed by atoms with Crippen LogP contribution in [0.25, 0.3) is 22.4 Å². The zero-order valence-electron chi connectivity index (χ0n) is 18.0. The van der Waals surface area contributed by atoms with Crippen molar-refractivity contribution in [1.29, 1.82) is 5.26 Å². The van der Waals surface area contributed by atoms with E-state index in [-0.39, 0.29) is 0 Å². The van der Waals surface area contributed by atoms with Crippen molar-refractivity contribution in [3.05, 3.63) is 107 Å². The lowest BCUT2D eigenvalue weighted by atomic mass is 9.96. The van der Waals surface area contributed by atoms with E-state index in [9.17, 15) is 0 Å². The molecule has 4 rings (SSSR count). The van der Waals surface area contributed by atoms with Gasteiger partial charge < -0.3 is 4.74 Å². The Morgan fingerprint density at radius 3 is 2.42 bits per heavy atom. The van der Waals surface area contributed by atoms with Gasteiger partial charge in [0.05, 0.1) is 17.3 Å². The normalized spacial score (nSPS) is 10.5. The van der Waals surface area contributed by atoms with Gasteiger partial charge in [0.15, 0.2) is 0 Å². The number of ether oxygens (including phenoxy) is 1.